The van der Waals surface area contributed by atoms with E-state index in [9.17, 15) is 0 Å². The van der Waals surface area contributed by atoms with E-state index in [1.54, 1.807) is 0 Å². The van der Waals surface area contributed by atoms with Crippen LogP contribution in [-0.2, 0) is 13.6 Å². The Bertz CT molecular complexity index is 741. The number of aromatic nitrogens is 4. The first-order chi connectivity index (χ1) is 9.69. The van der Waals surface area contributed by atoms with E-state index in [1.807, 2.05) is 31.5 Å². The smallest absolute Gasteiger partial charge is 0.152 e. The van der Waals surface area contributed by atoms with Crippen molar-refractivity contribution in [3.63, 3.8) is 0 Å². The third-order valence-corrected chi connectivity index (χ3v) is 3.55. The monoisotopic (exact) mass is 270 g/mol. The van der Waals surface area contributed by atoms with E-state index in [-0.39, 0.29) is 0 Å². The minimum atomic E-state index is 0.685. The first-order valence-electron chi connectivity index (χ1n) is 6.75. The second-order valence-electron chi connectivity index (χ2n) is 4.82. The average molecular weight is 270 g/mol. The molecule has 104 valence electrons. The van der Waals surface area contributed by atoms with E-state index in [0.717, 1.165) is 23.9 Å². The maximum Gasteiger partial charge on any atom is 0.152 e. The molecule has 0 unspecified atom stereocenters. The maximum absolute atomic E-state index is 5.53. The van der Waals surface area contributed by atoms with Crippen molar-refractivity contribution < 1.29 is 4.74 Å². The molecule has 2 heterocycles. The molecule has 0 atom stereocenters. The lowest BCUT2D eigenvalue weighted by molar-refractivity contribution is 0.340. The molecule has 0 aliphatic carbocycles. The summed E-state index contributed by atoms with van der Waals surface area (Å²) in [7, 11) is 1.99. The summed E-state index contributed by atoms with van der Waals surface area (Å²) in [6.45, 7) is 5.35. The number of benzene rings is 1. The summed E-state index contributed by atoms with van der Waals surface area (Å²) in [6.07, 6.45) is 2.07. The molecule has 3 rings (SSSR count). The van der Waals surface area contributed by atoms with Crippen LogP contribution in [0.4, 0.5) is 0 Å². The Morgan fingerprint density at radius 3 is 2.75 bits per heavy atom. The Morgan fingerprint density at radius 2 is 2.05 bits per heavy atom. The number of nitrogens with zero attached hydrogens (tertiary/aromatic N) is 4. The van der Waals surface area contributed by atoms with E-state index >= 15 is 0 Å². The zero-order valence-corrected chi connectivity index (χ0v) is 12.0. The lowest BCUT2D eigenvalue weighted by Gasteiger charge is -2.07. The quantitative estimate of drug-likeness (QED) is 0.731. The van der Waals surface area contributed by atoms with E-state index in [4.69, 9.17) is 4.74 Å². The third-order valence-electron chi connectivity index (χ3n) is 3.55. The van der Waals surface area contributed by atoms with Crippen molar-refractivity contribution in [2.24, 2.45) is 7.05 Å². The lowest BCUT2D eigenvalue weighted by Crippen LogP contribution is -2.05. The fourth-order valence-corrected chi connectivity index (χ4v) is 2.31. The normalized spacial score (nSPS) is 11.2. The van der Waals surface area contributed by atoms with Crippen LogP contribution < -0.4 is 4.74 Å². The molecule has 5 heteroatoms. The maximum atomic E-state index is 5.53. The molecule has 0 bridgehead atoms. The number of ether oxygens (including phenoxy) is 1. The van der Waals surface area contributed by atoms with E-state index in [0.29, 0.717) is 6.61 Å². The highest BCUT2D eigenvalue weighted by molar-refractivity contribution is 5.81. The molecule has 0 saturated carbocycles. The van der Waals surface area contributed by atoms with Gasteiger partial charge in [-0.2, -0.15) is 0 Å². The summed E-state index contributed by atoms with van der Waals surface area (Å²) in [5, 5.41) is 9.48. The van der Waals surface area contributed by atoms with Crippen LogP contribution in [0.25, 0.3) is 10.9 Å². The molecule has 0 spiro atoms. The Hall–Kier alpha value is -2.30. The van der Waals surface area contributed by atoms with Gasteiger partial charge in [0.15, 0.2) is 5.82 Å². The van der Waals surface area contributed by atoms with Gasteiger partial charge in [-0.15, -0.1) is 10.2 Å². The van der Waals surface area contributed by atoms with Gasteiger partial charge in [0, 0.05) is 24.1 Å². The molecular formula is C15H18N4O. The number of hydrogen-bond acceptors (Lipinski definition) is 3. The van der Waals surface area contributed by atoms with Crippen molar-refractivity contribution in [3.8, 4) is 5.75 Å². The topological polar surface area (TPSA) is 44.9 Å². The summed E-state index contributed by atoms with van der Waals surface area (Å²) >= 11 is 0. The molecule has 0 amide bonds. The molecule has 0 N–H and O–H groups in total. The van der Waals surface area contributed by atoms with Crippen LogP contribution in [0.2, 0.25) is 0 Å². The average Bonchev–Trinajstić information content (AvgIpc) is 2.98. The summed E-state index contributed by atoms with van der Waals surface area (Å²) < 4.78 is 9.72. The molecule has 20 heavy (non-hydrogen) atoms. The van der Waals surface area contributed by atoms with Gasteiger partial charge in [0.05, 0.1) is 13.2 Å². The third kappa shape index (κ3) is 2.15. The van der Waals surface area contributed by atoms with Crippen LogP contribution >= 0.6 is 0 Å². The van der Waals surface area contributed by atoms with Gasteiger partial charge < -0.3 is 13.9 Å². The molecule has 0 aliphatic rings. The molecule has 5 nitrogen and oxygen atoms in total. The van der Waals surface area contributed by atoms with Gasteiger partial charge in [-0.3, -0.25) is 0 Å². The minimum Gasteiger partial charge on any atom is -0.494 e. The van der Waals surface area contributed by atoms with Gasteiger partial charge in [-0.1, -0.05) is 0 Å². The van der Waals surface area contributed by atoms with Crippen molar-refractivity contribution in [2.75, 3.05) is 6.61 Å². The molecule has 0 aliphatic heterocycles. The van der Waals surface area contributed by atoms with Crippen molar-refractivity contribution in [1.29, 1.82) is 0 Å². The van der Waals surface area contributed by atoms with Crippen LogP contribution in [-0.4, -0.2) is 25.9 Å². The summed E-state index contributed by atoms with van der Waals surface area (Å²) in [4.78, 5) is 0. The van der Waals surface area contributed by atoms with Crippen molar-refractivity contribution in [2.45, 2.75) is 20.4 Å². The van der Waals surface area contributed by atoms with Crippen molar-refractivity contribution >= 4 is 10.9 Å². The van der Waals surface area contributed by atoms with Crippen LogP contribution in [0, 0.1) is 6.92 Å². The lowest BCUT2D eigenvalue weighted by atomic mass is 10.2. The van der Waals surface area contributed by atoms with E-state index < -0.39 is 0 Å². The zero-order chi connectivity index (χ0) is 14.1. The largest absolute Gasteiger partial charge is 0.494 e. The highest BCUT2D eigenvalue weighted by atomic mass is 16.5. The van der Waals surface area contributed by atoms with E-state index in [2.05, 4.69) is 39.2 Å². The standard InChI is InChI=1S/C15H18N4O/c1-4-20-13-5-6-14-12(9-13)7-8-19(14)10-15-17-16-11(2)18(15)3/h5-9H,4,10H2,1-3H3. The van der Waals surface area contributed by atoms with Crippen molar-refractivity contribution in [3.05, 3.63) is 42.1 Å². The first kappa shape index (κ1) is 12.7. The summed E-state index contributed by atoms with van der Waals surface area (Å²) in [5.74, 6) is 2.79. The molecule has 0 radical (unpaired) electrons. The second-order valence-corrected chi connectivity index (χ2v) is 4.82. The van der Waals surface area contributed by atoms with Crippen LogP contribution in [0.5, 0.6) is 5.75 Å². The Kier molecular flexibility index (Phi) is 3.18. The SMILES string of the molecule is CCOc1ccc2c(ccn2Cc2nnc(C)n2C)c1. The Labute approximate surface area is 117 Å². The number of hydrogen-bond donors (Lipinski definition) is 0. The van der Waals surface area contributed by atoms with Gasteiger partial charge in [0.1, 0.15) is 11.6 Å². The Balaban J connectivity index is 1.94. The van der Waals surface area contributed by atoms with Crippen LogP contribution in [0.1, 0.15) is 18.6 Å². The summed E-state index contributed by atoms with van der Waals surface area (Å²) in [5.41, 5.74) is 1.18. The molecule has 0 saturated heterocycles. The molecule has 0 fully saturated rings. The number of aryl methyl sites for hydroxylation is 1. The highest BCUT2D eigenvalue weighted by Crippen LogP contribution is 2.22. The molecule has 2 aromatic heterocycles. The Morgan fingerprint density at radius 1 is 1.20 bits per heavy atom. The van der Waals surface area contributed by atoms with Crippen molar-refractivity contribution in [1.82, 2.24) is 19.3 Å². The fraction of sp³-hybridized carbons (Fsp3) is 0.333. The second kappa shape index (κ2) is 5.00. The van der Waals surface area contributed by atoms with Gasteiger partial charge in [-0.05, 0) is 38.1 Å². The van der Waals surface area contributed by atoms with Gasteiger partial charge in [0.2, 0.25) is 0 Å². The number of fused-ring (bicyclic) bond motifs is 1. The minimum absolute atomic E-state index is 0.685. The molecule has 1 aromatic carbocycles. The van der Waals surface area contributed by atoms with Gasteiger partial charge in [0.25, 0.3) is 0 Å². The predicted octanol–water partition coefficient (Wildman–Crippen LogP) is 2.53. The van der Waals surface area contributed by atoms with Gasteiger partial charge >= 0.3 is 0 Å². The highest BCUT2D eigenvalue weighted by Gasteiger charge is 2.08. The molecule has 3 aromatic rings. The van der Waals surface area contributed by atoms with Gasteiger partial charge in [-0.25, -0.2) is 0 Å². The molecular weight excluding hydrogens is 252 g/mol. The first-order valence-corrected chi connectivity index (χ1v) is 6.75. The van der Waals surface area contributed by atoms with E-state index in [1.165, 1.54) is 10.9 Å². The fourth-order valence-electron chi connectivity index (χ4n) is 2.31. The zero-order valence-electron chi connectivity index (χ0n) is 12.0. The van der Waals surface area contributed by atoms with Crippen LogP contribution in [0.3, 0.4) is 0 Å². The summed E-state index contributed by atoms with van der Waals surface area (Å²) in [6, 6.07) is 8.26. The van der Waals surface area contributed by atoms with Crippen LogP contribution in [0.15, 0.2) is 30.5 Å². The number of rotatable bonds is 4. The predicted molar refractivity (Wildman–Crippen MR) is 77.9 cm³/mol.